The summed E-state index contributed by atoms with van der Waals surface area (Å²) in [7, 11) is 0. The molecule has 19 heavy (non-hydrogen) atoms. The highest BCUT2D eigenvalue weighted by molar-refractivity contribution is 6.28. The number of hydrogen-bond donors (Lipinski definition) is 1. The van der Waals surface area contributed by atoms with Crippen molar-refractivity contribution in [3.05, 3.63) is 5.28 Å². The van der Waals surface area contributed by atoms with E-state index in [4.69, 9.17) is 11.6 Å². The van der Waals surface area contributed by atoms with Gasteiger partial charge in [0.1, 0.15) is 0 Å². The molecule has 6 heteroatoms. The predicted molar refractivity (Wildman–Crippen MR) is 78.8 cm³/mol. The summed E-state index contributed by atoms with van der Waals surface area (Å²) >= 11 is 6.00. The van der Waals surface area contributed by atoms with Gasteiger partial charge in [0.05, 0.1) is 0 Å². The van der Waals surface area contributed by atoms with Crippen LogP contribution in [-0.2, 0) is 0 Å². The Hall–Kier alpha value is -1.10. The van der Waals surface area contributed by atoms with E-state index in [0.717, 1.165) is 13.1 Å². The molecule has 1 aliphatic rings. The van der Waals surface area contributed by atoms with Crippen LogP contribution in [0, 0.1) is 5.92 Å². The molecule has 0 spiro atoms. The fourth-order valence-electron chi connectivity index (χ4n) is 2.24. The first kappa shape index (κ1) is 14.3. The molecule has 0 radical (unpaired) electrons. The molecule has 2 rings (SSSR count). The second-order valence-corrected chi connectivity index (χ2v) is 5.86. The highest BCUT2D eigenvalue weighted by atomic mass is 35.5. The van der Waals surface area contributed by atoms with Crippen molar-refractivity contribution >= 4 is 23.5 Å². The van der Waals surface area contributed by atoms with Crippen molar-refractivity contribution in [2.24, 2.45) is 5.92 Å². The summed E-state index contributed by atoms with van der Waals surface area (Å²) < 4.78 is 0. The minimum Gasteiger partial charge on any atom is -0.349 e. The van der Waals surface area contributed by atoms with E-state index in [0.29, 0.717) is 17.8 Å². The van der Waals surface area contributed by atoms with E-state index in [2.05, 4.69) is 52.9 Å². The van der Waals surface area contributed by atoms with Crippen molar-refractivity contribution in [2.75, 3.05) is 23.3 Å². The molecule has 0 unspecified atom stereocenters. The minimum atomic E-state index is 0.00517. The average Bonchev–Trinajstić information content (AvgIpc) is 3.13. The van der Waals surface area contributed by atoms with Crippen LogP contribution in [0.5, 0.6) is 0 Å². The average molecular weight is 284 g/mol. The number of aromatic nitrogens is 3. The van der Waals surface area contributed by atoms with Gasteiger partial charge in [-0.3, -0.25) is 0 Å². The number of nitrogens with one attached hydrogen (secondary N) is 1. The van der Waals surface area contributed by atoms with Crippen LogP contribution in [0.2, 0.25) is 5.28 Å². The first-order valence-corrected chi connectivity index (χ1v) is 7.28. The molecule has 0 aromatic carbocycles. The molecule has 1 aromatic rings. The minimum absolute atomic E-state index is 0.00517. The standard InChI is InChI=1S/C13H22ClN5/c1-5-19(6-2)12-16-10(14)15-11(17-12)18-13(3,4)9-7-8-9/h9H,5-8H2,1-4H3,(H,15,16,17,18). The molecule has 1 N–H and O–H groups in total. The van der Waals surface area contributed by atoms with Crippen LogP contribution >= 0.6 is 11.6 Å². The zero-order valence-corrected chi connectivity index (χ0v) is 12.8. The third-order valence-electron chi connectivity index (χ3n) is 3.67. The van der Waals surface area contributed by atoms with Crippen LogP contribution in [0.1, 0.15) is 40.5 Å². The Morgan fingerprint density at radius 3 is 2.37 bits per heavy atom. The molecule has 0 aliphatic heterocycles. The van der Waals surface area contributed by atoms with E-state index in [1.807, 2.05) is 0 Å². The lowest BCUT2D eigenvalue weighted by Gasteiger charge is -2.27. The van der Waals surface area contributed by atoms with Crippen LogP contribution in [0.25, 0.3) is 0 Å². The summed E-state index contributed by atoms with van der Waals surface area (Å²) in [6.45, 7) is 10.2. The van der Waals surface area contributed by atoms with E-state index in [1.54, 1.807) is 0 Å². The van der Waals surface area contributed by atoms with Crippen LogP contribution in [0.3, 0.4) is 0 Å². The zero-order chi connectivity index (χ0) is 14.0. The quantitative estimate of drug-likeness (QED) is 0.870. The summed E-state index contributed by atoms with van der Waals surface area (Å²) in [5, 5.41) is 3.63. The Kier molecular flexibility index (Phi) is 4.13. The lowest BCUT2D eigenvalue weighted by molar-refractivity contribution is 0.490. The van der Waals surface area contributed by atoms with Gasteiger partial charge in [-0.05, 0) is 58.1 Å². The molecule has 0 bridgehead atoms. The number of rotatable bonds is 6. The van der Waals surface area contributed by atoms with E-state index in [1.165, 1.54) is 12.8 Å². The van der Waals surface area contributed by atoms with Crippen molar-refractivity contribution in [2.45, 2.75) is 46.1 Å². The maximum Gasteiger partial charge on any atom is 0.231 e. The number of halogens is 1. The Bertz CT molecular complexity index is 441. The summed E-state index contributed by atoms with van der Waals surface area (Å²) in [6, 6.07) is 0. The third-order valence-corrected chi connectivity index (χ3v) is 3.84. The van der Waals surface area contributed by atoms with Crippen LogP contribution in [0.15, 0.2) is 0 Å². The summed E-state index contributed by atoms with van der Waals surface area (Å²) in [5.74, 6) is 1.90. The van der Waals surface area contributed by atoms with Gasteiger partial charge in [0.25, 0.3) is 0 Å². The number of anilines is 2. The molecule has 106 valence electrons. The van der Waals surface area contributed by atoms with Gasteiger partial charge in [-0.1, -0.05) is 0 Å². The fraction of sp³-hybridized carbons (Fsp3) is 0.769. The number of nitrogens with zero attached hydrogens (tertiary/aromatic N) is 4. The van der Waals surface area contributed by atoms with E-state index in [-0.39, 0.29) is 10.8 Å². The van der Waals surface area contributed by atoms with Gasteiger partial charge in [-0.25, -0.2) is 0 Å². The molecular formula is C13H22ClN5. The van der Waals surface area contributed by atoms with Crippen molar-refractivity contribution in [3.63, 3.8) is 0 Å². The van der Waals surface area contributed by atoms with Crippen molar-refractivity contribution in [1.29, 1.82) is 0 Å². The molecule has 1 heterocycles. The fourth-order valence-corrected chi connectivity index (χ4v) is 2.39. The topological polar surface area (TPSA) is 53.9 Å². The predicted octanol–water partition coefficient (Wildman–Crippen LogP) is 2.97. The Balaban J connectivity index is 2.20. The number of hydrogen-bond acceptors (Lipinski definition) is 5. The molecule has 5 nitrogen and oxygen atoms in total. The largest absolute Gasteiger partial charge is 0.349 e. The lowest BCUT2D eigenvalue weighted by atomic mass is 9.99. The van der Waals surface area contributed by atoms with Gasteiger partial charge in [0.15, 0.2) is 0 Å². The van der Waals surface area contributed by atoms with Crippen molar-refractivity contribution in [3.8, 4) is 0 Å². The maximum absolute atomic E-state index is 6.00. The Labute approximate surface area is 119 Å². The van der Waals surface area contributed by atoms with E-state index >= 15 is 0 Å². The molecule has 0 saturated heterocycles. The van der Waals surface area contributed by atoms with Crippen molar-refractivity contribution in [1.82, 2.24) is 15.0 Å². The third kappa shape index (κ3) is 3.47. The normalized spacial score (nSPS) is 15.4. The second-order valence-electron chi connectivity index (χ2n) is 5.52. The van der Waals surface area contributed by atoms with Gasteiger partial charge < -0.3 is 10.2 Å². The van der Waals surface area contributed by atoms with Crippen LogP contribution in [0.4, 0.5) is 11.9 Å². The van der Waals surface area contributed by atoms with E-state index in [9.17, 15) is 0 Å². The molecular weight excluding hydrogens is 262 g/mol. The van der Waals surface area contributed by atoms with Crippen molar-refractivity contribution < 1.29 is 0 Å². The van der Waals surface area contributed by atoms with Gasteiger partial charge >= 0.3 is 0 Å². The van der Waals surface area contributed by atoms with Gasteiger partial charge in [-0.15, -0.1) is 0 Å². The molecule has 1 aromatic heterocycles. The molecule has 0 atom stereocenters. The lowest BCUT2D eigenvalue weighted by Crippen LogP contribution is -2.34. The first-order valence-electron chi connectivity index (χ1n) is 6.91. The highest BCUT2D eigenvalue weighted by Gasteiger charge is 2.38. The smallest absolute Gasteiger partial charge is 0.231 e. The molecule has 1 saturated carbocycles. The van der Waals surface area contributed by atoms with Gasteiger partial charge in [0, 0.05) is 18.6 Å². The zero-order valence-electron chi connectivity index (χ0n) is 12.1. The summed E-state index contributed by atoms with van der Waals surface area (Å²) in [6.07, 6.45) is 2.53. The highest BCUT2D eigenvalue weighted by Crippen LogP contribution is 2.40. The second kappa shape index (κ2) is 5.49. The summed E-state index contributed by atoms with van der Waals surface area (Å²) in [5.41, 5.74) is 0.00517. The Morgan fingerprint density at radius 2 is 1.84 bits per heavy atom. The van der Waals surface area contributed by atoms with E-state index < -0.39 is 0 Å². The maximum atomic E-state index is 6.00. The molecule has 0 amide bonds. The van der Waals surface area contributed by atoms with Crippen LogP contribution < -0.4 is 10.2 Å². The Morgan fingerprint density at radius 1 is 1.21 bits per heavy atom. The monoisotopic (exact) mass is 283 g/mol. The van der Waals surface area contributed by atoms with Crippen LogP contribution in [-0.4, -0.2) is 33.6 Å². The molecule has 1 aliphatic carbocycles. The molecule has 1 fully saturated rings. The SMILES string of the molecule is CCN(CC)c1nc(Cl)nc(NC(C)(C)C2CC2)n1. The first-order chi connectivity index (χ1) is 8.96. The van der Waals surface area contributed by atoms with Gasteiger partial charge in [-0.2, -0.15) is 15.0 Å². The van der Waals surface area contributed by atoms with Gasteiger partial charge in [0.2, 0.25) is 17.2 Å². The summed E-state index contributed by atoms with van der Waals surface area (Å²) in [4.78, 5) is 14.9.